The van der Waals surface area contributed by atoms with Crippen LogP contribution in [0, 0.1) is 11.7 Å². The Bertz CT molecular complexity index is 840. The lowest BCUT2D eigenvalue weighted by Gasteiger charge is -2.27. The lowest BCUT2D eigenvalue weighted by molar-refractivity contribution is -0.126. The zero-order valence-electron chi connectivity index (χ0n) is 16.4. The van der Waals surface area contributed by atoms with Crippen LogP contribution in [0.5, 0.6) is 0 Å². The Balaban J connectivity index is 1.65. The highest BCUT2D eigenvalue weighted by molar-refractivity contribution is 5.94. The van der Waals surface area contributed by atoms with Gasteiger partial charge in [-0.1, -0.05) is 30.3 Å². The molecule has 1 aliphatic rings. The predicted molar refractivity (Wildman–Crippen MR) is 108 cm³/mol. The zero-order chi connectivity index (χ0) is 20.1. The predicted octanol–water partition coefficient (Wildman–Crippen LogP) is 4.09. The molecule has 148 valence electrons. The Morgan fingerprint density at radius 3 is 2.25 bits per heavy atom. The molecule has 0 spiro atoms. The molecule has 1 fully saturated rings. The van der Waals surface area contributed by atoms with E-state index >= 15 is 0 Å². The van der Waals surface area contributed by atoms with Crippen LogP contribution in [0.3, 0.4) is 0 Å². The standard InChI is InChI=1S/C23H27FN2O2/c1-15(27)16-3-5-17(6-4-16)19-9-12-22(24)20(13-19)14-26-23(28)18-7-10-21(25-2)11-8-18/h3-6,9,12-13,18,21,25H,7-8,10-11,14H2,1-2H3,(H,26,28). The Morgan fingerprint density at radius 1 is 1.00 bits per heavy atom. The average Bonchev–Trinajstić information content (AvgIpc) is 2.73. The van der Waals surface area contributed by atoms with Crippen molar-refractivity contribution in [3.05, 3.63) is 59.4 Å². The molecule has 2 N–H and O–H groups in total. The molecule has 28 heavy (non-hydrogen) atoms. The minimum absolute atomic E-state index is 0.00478. The number of rotatable bonds is 6. The van der Waals surface area contributed by atoms with Crippen molar-refractivity contribution in [1.82, 2.24) is 10.6 Å². The van der Waals surface area contributed by atoms with Gasteiger partial charge in [0.25, 0.3) is 0 Å². The molecule has 2 aromatic rings. The third-order valence-electron chi connectivity index (χ3n) is 5.63. The Hall–Kier alpha value is -2.53. The monoisotopic (exact) mass is 382 g/mol. The molecule has 5 heteroatoms. The number of carbonyl (C=O) groups excluding carboxylic acids is 2. The van der Waals surface area contributed by atoms with Gasteiger partial charge in [0.05, 0.1) is 0 Å². The quantitative estimate of drug-likeness (QED) is 0.740. The highest BCUT2D eigenvalue weighted by Gasteiger charge is 2.25. The van der Waals surface area contributed by atoms with Gasteiger partial charge in [0.15, 0.2) is 5.78 Å². The fourth-order valence-electron chi connectivity index (χ4n) is 3.76. The van der Waals surface area contributed by atoms with Crippen molar-refractivity contribution in [2.75, 3.05) is 7.05 Å². The zero-order valence-corrected chi connectivity index (χ0v) is 16.4. The van der Waals surface area contributed by atoms with Gasteiger partial charge in [-0.2, -0.15) is 0 Å². The van der Waals surface area contributed by atoms with Crippen molar-refractivity contribution in [3.63, 3.8) is 0 Å². The number of ketones is 1. The maximum atomic E-state index is 14.2. The normalized spacial score (nSPS) is 19.2. The van der Waals surface area contributed by atoms with Crippen LogP contribution in [0.1, 0.15) is 48.5 Å². The average molecular weight is 382 g/mol. The molecule has 3 rings (SSSR count). The van der Waals surface area contributed by atoms with Gasteiger partial charge in [-0.3, -0.25) is 9.59 Å². The summed E-state index contributed by atoms with van der Waals surface area (Å²) in [6.45, 7) is 1.70. The molecule has 0 saturated heterocycles. The van der Waals surface area contributed by atoms with Crippen LogP contribution < -0.4 is 10.6 Å². The molecular weight excluding hydrogens is 355 g/mol. The molecule has 0 bridgehead atoms. The SMILES string of the molecule is CNC1CCC(C(=O)NCc2cc(-c3ccc(C(C)=O)cc3)ccc2F)CC1. The van der Waals surface area contributed by atoms with Crippen molar-refractivity contribution < 1.29 is 14.0 Å². The summed E-state index contributed by atoms with van der Waals surface area (Å²) in [5.41, 5.74) is 2.87. The number of halogens is 1. The lowest BCUT2D eigenvalue weighted by Crippen LogP contribution is -2.37. The van der Waals surface area contributed by atoms with Crippen LogP contribution >= 0.6 is 0 Å². The fourth-order valence-corrected chi connectivity index (χ4v) is 3.76. The summed E-state index contributed by atoms with van der Waals surface area (Å²) < 4.78 is 14.2. The molecule has 0 unspecified atom stereocenters. The summed E-state index contributed by atoms with van der Waals surface area (Å²) in [7, 11) is 1.95. The van der Waals surface area contributed by atoms with E-state index in [9.17, 15) is 14.0 Å². The van der Waals surface area contributed by atoms with E-state index in [-0.39, 0.29) is 30.0 Å². The van der Waals surface area contributed by atoms with Crippen molar-refractivity contribution >= 4 is 11.7 Å². The van der Waals surface area contributed by atoms with E-state index in [1.54, 1.807) is 24.3 Å². The van der Waals surface area contributed by atoms with E-state index in [0.717, 1.165) is 36.8 Å². The lowest BCUT2D eigenvalue weighted by atomic mass is 9.85. The first-order chi connectivity index (χ1) is 13.5. The minimum atomic E-state index is -0.330. The Labute approximate surface area is 165 Å². The van der Waals surface area contributed by atoms with Crippen molar-refractivity contribution in [1.29, 1.82) is 0 Å². The van der Waals surface area contributed by atoms with Gasteiger partial charge in [0.2, 0.25) is 5.91 Å². The van der Waals surface area contributed by atoms with Gasteiger partial charge in [0, 0.05) is 29.6 Å². The van der Waals surface area contributed by atoms with E-state index in [1.807, 2.05) is 19.2 Å². The van der Waals surface area contributed by atoms with Gasteiger partial charge < -0.3 is 10.6 Å². The molecule has 0 atom stereocenters. The highest BCUT2D eigenvalue weighted by Crippen LogP contribution is 2.25. The maximum Gasteiger partial charge on any atom is 0.223 e. The van der Waals surface area contributed by atoms with Gasteiger partial charge in [-0.15, -0.1) is 0 Å². The van der Waals surface area contributed by atoms with Crippen molar-refractivity contribution in [2.24, 2.45) is 5.92 Å². The van der Waals surface area contributed by atoms with Crippen LogP contribution in [0.25, 0.3) is 11.1 Å². The summed E-state index contributed by atoms with van der Waals surface area (Å²) in [5, 5.41) is 6.16. The molecule has 0 aromatic heterocycles. The van der Waals surface area contributed by atoms with Crippen molar-refractivity contribution in [3.8, 4) is 11.1 Å². The van der Waals surface area contributed by atoms with Crippen LogP contribution in [-0.4, -0.2) is 24.8 Å². The second kappa shape index (κ2) is 9.11. The van der Waals surface area contributed by atoms with E-state index in [1.165, 1.54) is 13.0 Å². The van der Waals surface area contributed by atoms with Gasteiger partial charge >= 0.3 is 0 Å². The summed E-state index contributed by atoms with van der Waals surface area (Å²) in [6.07, 6.45) is 3.72. The summed E-state index contributed by atoms with van der Waals surface area (Å²) >= 11 is 0. The number of carbonyl (C=O) groups is 2. The van der Waals surface area contributed by atoms with Crippen LogP contribution in [0.2, 0.25) is 0 Å². The maximum absolute atomic E-state index is 14.2. The largest absolute Gasteiger partial charge is 0.352 e. The number of benzene rings is 2. The first-order valence-corrected chi connectivity index (χ1v) is 9.82. The number of hydrogen-bond donors (Lipinski definition) is 2. The first kappa shape index (κ1) is 20.2. The first-order valence-electron chi connectivity index (χ1n) is 9.82. The van der Waals surface area contributed by atoms with E-state index in [0.29, 0.717) is 17.2 Å². The molecule has 0 aliphatic heterocycles. The number of hydrogen-bond acceptors (Lipinski definition) is 3. The Kier molecular flexibility index (Phi) is 6.57. The molecule has 0 heterocycles. The molecule has 2 aromatic carbocycles. The van der Waals surface area contributed by atoms with Crippen LogP contribution in [0.4, 0.5) is 4.39 Å². The summed E-state index contributed by atoms with van der Waals surface area (Å²) in [4.78, 5) is 23.9. The second-order valence-corrected chi connectivity index (χ2v) is 7.49. The minimum Gasteiger partial charge on any atom is -0.352 e. The molecular formula is C23H27FN2O2. The third-order valence-corrected chi connectivity index (χ3v) is 5.63. The van der Waals surface area contributed by atoms with Gasteiger partial charge in [0.1, 0.15) is 5.82 Å². The van der Waals surface area contributed by atoms with Crippen LogP contribution in [-0.2, 0) is 11.3 Å². The second-order valence-electron chi connectivity index (χ2n) is 7.49. The molecule has 0 radical (unpaired) electrons. The third kappa shape index (κ3) is 4.84. The number of nitrogens with one attached hydrogen (secondary N) is 2. The number of Topliss-reactive ketones (excluding diaryl/α,β-unsaturated/α-hetero) is 1. The molecule has 1 aliphatic carbocycles. The summed E-state index contributed by atoms with van der Waals surface area (Å²) in [5.74, 6) is -0.304. The fraction of sp³-hybridized carbons (Fsp3) is 0.391. The molecule has 4 nitrogen and oxygen atoms in total. The summed E-state index contributed by atoms with van der Waals surface area (Å²) in [6, 6.07) is 12.6. The molecule has 1 amide bonds. The van der Waals surface area contributed by atoms with E-state index in [2.05, 4.69) is 10.6 Å². The smallest absolute Gasteiger partial charge is 0.223 e. The number of amides is 1. The molecule has 1 saturated carbocycles. The van der Waals surface area contributed by atoms with E-state index in [4.69, 9.17) is 0 Å². The van der Waals surface area contributed by atoms with Gasteiger partial charge in [-0.25, -0.2) is 4.39 Å². The van der Waals surface area contributed by atoms with Gasteiger partial charge in [-0.05, 0) is 62.9 Å². The van der Waals surface area contributed by atoms with E-state index < -0.39 is 0 Å². The Morgan fingerprint density at radius 2 is 1.64 bits per heavy atom. The topological polar surface area (TPSA) is 58.2 Å². The van der Waals surface area contributed by atoms with Crippen molar-refractivity contribution in [2.45, 2.75) is 45.2 Å². The highest BCUT2D eigenvalue weighted by atomic mass is 19.1. The van der Waals surface area contributed by atoms with Crippen LogP contribution in [0.15, 0.2) is 42.5 Å².